The third-order valence-electron chi connectivity index (χ3n) is 3.89. The summed E-state index contributed by atoms with van der Waals surface area (Å²) in [5.41, 5.74) is 1.84. The number of aromatic nitrogens is 3. The number of nitrogens with zero attached hydrogens (tertiary/aromatic N) is 2. The lowest BCUT2D eigenvalue weighted by Crippen LogP contribution is -2.30. The molecule has 0 unspecified atom stereocenters. The molecule has 1 amide bonds. The minimum Gasteiger partial charge on any atom is -0.467 e. The highest BCUT2D eigenvalue weighted by Gasteiger charge is 2.19. The molecule has 0 radical (unpaired) electrons. The molecular weight excluding hydrogens is 352 g/mol. The monoisotopic (exact) mass is 368 g/mol. The van der Waals surface area contributed by atoms with Crippen molar-refractivity contribution in [3.05, 3.63) is 54.6 Å². The van der Waals surface area contributed by atoms with E-state index in [-0.39, 0.29) is 11.2 Å². The Morgan fingerprint density at radius 2 is 2.15 bits per heavy atom. The minimum atomic E-state index is -0.374. The maximum absolute atomic E-state index is 12.2. The van der Waals surface area contributed by atoms with E-state index < -0.39 is 0 Å². The molecule has 0 saturated heterocycles. The largest absolute Gasteiger partial charge is 0.467 e. The first-order valence-corrected chi connectivity index (χ1v) is 8.95. The van der Waals surface area contributed by atoms with Gasteiger partial charge in [-0.15, -0.1) is 10.2 Å². The number of H-pyrrole nitrogens is 1. The topological polar surface area (TPSA) is 97.0 Å². The summed E-state index contributed by atoms with van der Waals surface area (Å²) in [5.74, 6) is 1.00. The van der Waals surface area contributed by atoms with Crippen molar-refractivity contribution in [3.63, 3.8) is 0 Å². The molecule has 1 aromatic carbocycles. The van der Waals surface area contributed by atoms with E-state index in [9.17, 15) is 4.79 Å². The van der Waals surface area contributed by atoms with E-state index >= 15 is 0 Å². The minimum absolute atomic E-state index is 0.127. The number of hydrogen-bond acceptors (Lipinski definition) is 6. The normalized spacial score (nSPS) is 12.3. The van der Waals surface area contributed by atoms with Gasteiger partial charge in [0.25, 0.3) is 11.1 Å². The van der Waals surface area contributed by atoms with Crippen LogP contribution in [0.2, 0.25) is 0 Å². The van der Waals surface area contributed by atoms with Gasteiger partial charge in [0.1, 0.15) is 5.76 Å². The van der Waals surface area contributed by atoms with Gasteiger partial charge in [-0.25, -0.2) is 0 Å². The summed E-state index contributed by atoms with van der Waals surface area (Å²) in [5, 5.41) is 12.0. The highest BCUT2D eigenvalue weighted by molar-refractivity contribution is 8.00. The first-order chi connectivity index (χ1) is 12.7. The Balaban J connectivity index is 1.42. The number of carbonyl (C=O) groups is 1. The van der Waals surface area contributed by atoms with Gasteiger partial charge in [-0.3, -0.25) is 4.79 Å². The Labute approximate surface area is 153 Å². The number of thioether (sulfide) groups is 1. The van der Waals surface area contributed by atoms with Gasteiger partial charge in [0.05, 0.1) is 23.6 Å². The Hall–Kier alpha value is -3.00. The predicted octanol–water partition coefficient (Wildman–Crippen LogP) is 3.61. The Morgan fingerprint density at radius 3 is 3.00 bits per heavy atom. The zero-order valence-electron chi connectivity index (χ0n) is 13.9. The van der Waals surface area contributed by atoms with Gasteiger partial charge in [-0.2, -0.15) is 0 Å². The lowest BCUT2D eigenvalue weighted by atomic mass is 10.2. The number of hydrogen-bond donors (Lipinski definition) is 2. The molecule has 0 aliphatic rings. The van der Waals surface area contributed by atoms with Crippen LogP contribution in [-0.4, -0.2) is 26.3 Å². The van der Waals surface area contributed by atoms with Gasteiger partial charge in [0.2, 0.25) is 5.91 Å². The maximum Gasteiger partial charge on any atom is 0.277 e. The van der Waals surface area contributed by atoms with Crippen LogP contribution in [0.4, 0.5) is 0 Å². The highest BCUT2D eigenvalue weighted by atomic mass is 32.2. The first kappa shape index (κ1) is 16.5. The molecule has 0 saturated carbocycles. The van der Waals surface area contributed by atoms with Crippen molar-refractivity contribution in [1.29, 1.82) is 0 Å². The molecule has 3 aromatic heterocycles. The quantitative estimate of drug-likeness (QED) is 0.505. The van der Waals surface area contributed by atoms with Crippen molar-refractivity contribution in [1.82, 2.24) is 20.5 Å². The van der Waals surface area contributed by atoms with E-state index in [2.05, 4.69) is 20.5 Å². The summed E-state index contributed by atoms with van der Waals surface area (Å²) in [6.07, 6.45) is 3.41. The molecule has 0 aliphatic carbocycles. The number of carbonyl (C=O) groups excluding carboxylic acids is 1. The fourth-order valence-electron chi connectivity index (χ4n) is 2.55. The fourth-order valence-corrected chi connectivity index (χ4v) is 3.26. The zero-order chi connectivity index (χ0) is 17.9. The third-order valence-corrected chi connectivity index (χ3v) is 4.82. The van der Waals surface area contributed by atoms with E-state index in [0.29, 0.717) is 23.4 Å². The molecule has 0 bridgehead atoms. The summed E-state index contributed by atoms with van der Waals surface area (Å²) in [7, 11) is 0. The smallest absolute Gasteiger partial charge is 0.277 e. The number of rotatable bonds is 6. The summed E-state index contributed by atoms with van der Waals surface area (Å²) in [4.78, 5) is 15.4. The van der Waals surface area contributed by atoms with E-state index in [1.54, 1.807) is 19.3 Å². The van der Waals surface area contributed by atoms with Gasteiger partial charge in [-0.1, -0.05) is 30.0 Å². The average Bonchev–Trinajstić information content (AvgIpc) is 3.39. The van der Waals surface area contributed by atoms with Crippen LogP contribution < -0.4 is 5.32 Å². The Morgan fingerprint density at radius 1 is 1.27 bits per heavy atom. The van der Waals surface area contributed by atoms with Crippen molar-refractivity contribution in [2.24, 2.45) is 0 Å². The van der Waals surface area contributed by atoms with Crippen LogP contribution >= 0.6 is 11.8 Å². The molecular formula is C18H16N4O3S. The second-order valence-electron chi connectivity index (χ2n) is 5.68. The number of fused-ring (bicyclic) bond motifs is 1. The average molecular weight is 368 g/mol. The second-order valence-corrected chi connectivity index (χ2v) is 6.97. The third kappa shape index (κ3) is 3.36. The molecule has 26 heavy (non-hydrogen) atoms. The van der Waals surface area contributed by atoms with Crippen molar-refractivity contribution in [3.8, 4) is 11.5 Å². The van der Waals surface area contributed by atoms with Crippen LogP contribution in [0, 0.1) is 0 Å². The summed E-state index contributed by atoms with van der Waals surface area (Å²) in [6, 6.07) is 11.5. The maximum atomic E-state index is 12.2. The SMILES string of the molecule is C[C@@H](Sc1nnc(-c2c[nH]c3ccccc23)o1)C(=O)NCc1ccco1. The van der Waals surface area contributed by atoms with Gasteiger partial charge in [-0.05, 0) is 25.1 Å². The van der Waals surface area contributed by atoms with Crippen molar-refractivity contribution in [2.75, 3.05) is 0 Å². The lowest BCUT2D eigenvalue weighted by molar-refractivity contribution is -0.120. The standard InChI is InChI=1S/C18H16N4O3S/c1-11(16(23)20-9-12-5-4-8-24-12)26-18-22-21-17(25-18)14-10-19-15-7-3-2-6-13(14)15/h2-8,10-11,19H,9H2,1H3,(H,20,23)/t11-/m1/s1. The molecule has 0 fully saturated rings. The number of para-hydroxylation sites is 1. The molecule has 2 N–H and O–H groups in total. The van der Waals surface area contributed by atoms with E-state index in [1.165, 1.54) is 11.8 Å². The zero-order valence-corrected chi connectivity index (χ0v) is 14.7. The van der Waals surface area contributed by atoms with E-state index in [1.807, 2.05) is 36.5 Å². The number of nitrogens with one attached hydrogen (secondary N) is 2. The van der Waals surface area contributed by atoms with Crippen LogP contribution in [0.3, 0.4) is 0 Å². The van der Waals surface area contributed by atoms with Crippen LogP contribution in [0.5, 0.6) is 0 Å². The summed E-state index contributed by atoms with van der Waals surface area (Å²) < 4.78 is 10.9. The van der Waals surface area contributed by atoms with Gasteiger partial charge in [0, 0.05) is 17.1 Å². The molecule has 7 nitrogen and oxygen atoms in total. The lowest BCUT2D eigenvalue weighted by Gasteiger charge is -2.08. The second kappa shape index (κ2) is 7.09. The number of amides is 1. The first-order valence-electron chi connectivity index (χ1n) is 8.07. The summed E-state index contributed by atoms with van der Waals surface area (Å²) in [6.45, 7) is 2.14. The van der Waals surface area contributed by atoms with E-state index in [4.69, 9.17) is 8.83 Å². The predicted molar refractivity (Wildman–Crippen MR) is 97.5 cm³/mol. The van der Waals surface area contributed by atoms with Crippen molar-refractivity contribution >= 4 is 28.6 Å². The van der Waals surface area contributed by atoms with Crippen molar-refractivity contribution < 1.29 is 13.6 Å². The van der Waals surface area contributed by atoms with Crippen LogP contribution in [0.15, 0.2) is 62.9 Å². The van der Waals surface area contributed by atoms with Gasteiger partial charge in [0.15, 0.2) is 0 Å². The van der Waals surface area contributed by atoms with Crippen LogP contribution in [0.1, 0.15) is 12.7 Å². The highest BCUT2D eigenvalue weighted by Crippen LogP contribution is 2.30. The molecule has 132 valence electrons. The molecule has 4 aromatic rings. The van der Waals surface area contributed by atoms with E-state index in [0.717, 1.165) is 16.5 Å². The molecule has 8 heteroatoms. The van der Waals surface area contributed by atoms with Crippen molar-refractivity contribution in [2.45, 2.75) is 23.9 Å². The van der Waals surface area contributed by atoms with Crippen LogP contribution in [-0.2, 0) is 11.3 Å². The number of aromatic amines is 1. The molecule has 0 spiro atoms. The van der Waals surface area contributed by atoms with Gasteiger partial charge >= 0.3 is 0 Å². The molecule has 1 atom stereocenters. The Kier molecular flexibility index (Phi) is 4.49. The fraction of sp³-hybridized carbons (Fsp3) is 0.167. The van der Waals surface area contributed by atoms with Gasteiger partial charge < -0.3 is 19.1 Å². The molecule has 3 heterocycles. The number of furan rings is 1. The molecule has 4 rings (SSSR count). The number of benzene rings is 1. The summed E-state index contributed by atoms with van der Waals surface area (Å²) >= 11 is 1.22. The Bertz CT molecular complexity index is 1020. The molecule has 0 aliphatic heterocycles. The van der Waals surface area contributed by atoms with Crippen LogP contribution in [0.25, 0.3) is 22.4 Å².